The third-order valence-electron chi connectivity index (χ3n) is 3.25. The lowest BCUT2D eigenvalue weighted by Gasteiger charge is -2.15. The normalized spacial score (nSPS) is 19.3. The van der Waals surface area contributed by atoms with Gasteiger partial charge >= 0.3 is 0 Å². The largest absolute Gasteiger partial charge is 0.493 e. The van der Waals surface area contributed by atoms with Gasteiger partial charge in [-0.25, -0.2) is 4.98 Å². The average molecular weight is 261 g/mol. The molecule has 0 fully saturated rings. The maximum atomic E-state index is 10.3. The molecular weight excluding hydrogens is 246 g/mol. The second-order valence-electron chi connectivity index (χ2n) is 4.61. The molecule has 2 heterocycles. The summed E-state index contributed by atoms with van der Waals surface area (Å²) in [5.74, 6) is 0.960. The number of aromatic nitrogens is 1. The molecule has 1 aliphatic heterocycles. The minimum absolute atomic E-state index is 0.0606. The van der Waals surface area contributed by atoms with Gasteiger partial charge in [0.25, 0.3) is 0 Å². The summed E-state index contributed by atoms with van der Waals surface area (Å²) in [4.78, 5) is 4.40. The van der Waals surface area contributed by atoms with Crippen molar-refractivity contribution >= 4 is 11.3 Å². The van der Waals surface area contributed by atoms with Gasteiger partial charge in [0.05, 0.1) is 17.7 Å². The fourth-order valence-electron chi connectivity index (χ4n) is 2.32. The number of nitrogens with zero attached hydrogens (tertiary/aromatic N) is 1. The second kappa shape index (κ2) is 4.71. The number of para-hydroxylation sites is 1. The number of fused-ring (bicyclic) bond motifs is 1. The number of aryl methyl sites for hydroxylation is 1. The van der Waals surface area contributed by atoms with Crippen LogP contribution >= 0.6 is 11.3 Å². The molecule has 1 aromatic heterocycles. The van der Waals surface area contributed by atoms with Crippen molar-refractivity contribution in [3.63, 3.8) is 0 Å². The summed E-state index contributed by atoms with van der Waals surface area (Å²) in [5.41, 5.74) is 2.13. The molecule has 0 saturated heterocycles. The smallest absolute Gasteiger partial charge is 0.123 e. The molecule has 1 aromatic carbocycles. The topological polar surface area (TPSA) is 42.4 Å². The van der Waals surface area contributed by atoms with Crippen molar-refractivity contribution in [2.24, 2.45) is 0 Å². The minimum atomic E-state index is -0.431. The quantitative estimate of drug-likeness (QED) is 0.923. The maximum absolute atomic E-state index is 10.3. The average Bonchev–Trinajstić information content (AvgIpc) is 2.95. The van der Waals surface area contributed by atoms with Crippen LogP contribution in [0, 0.1) is 6.92 Å². The van der Waals surface area contributed by atoms with Crippen molar-refractivity contribution in [2.45, 2.75) is 25.4 Å². The van der Waals surface area contributed by atoms with Gasteiger partial charge in [0.2, 0.25) is 0 Å². The van der Waals surface area contributed by atoms with Crippen LogP contribution in [-0.2, 0) is 6.42 Å². The number of ether oxygens (including phenoxy) is 1. The Hall–Kier alpha value is -1.39. The van der Waals surface area contributed by atoms with Gasteiger partial charge in [-0.3, -0.25) is 0 Å². The predicted octanol–water partition coefficient (Wildman–Crippen LogP) is 2.53. The van der Waals surface area contributed by atoms with Gasteiger partial charge in [-0.05, 0) is 13.0 Å². The van der Waals surface area contributed by atoms with Crippen LogP contribution in [0.5, 0.6) is 5.75 Å². The standard InChI is InChI=1S/C14H15NO2S/c1-9-8-18-14(15-9)6-12(16)11-7-17-13-5-3-2-4-10(11)13/h2-5,8,11-12,16H,6-7H2,1H3. The molecule has 1 aliphatic rings. The van der Waals surface area contributed by atoms with Gasteiger partial charge in [-0.15, -0.1) is 11.3 Å². The Morgan fingerprint density at radius 2 is 2.33 bits per heavy atom. The third kappa shape index (κ3) is 2.13. The highest BCUT2D eigenvalue weighted by Crippen LogP contribution is 2.36. The minimum Gasteiger partial charge on any atom is -0.493 e. The highest BCUT2D eigenvalue weighted by molar-refractivity contribution is 7.09. The molecule has 0 bridgehead atoms. The number of benzene rings is 1. The van der Waals surface area contributed by atoms with E-state index in [0.717, 1.165) is 22.0 Å². The van der Waals surface area contributed by atoms with Crippen LogP contribution in [0.4, 0.5) is 0 Å². The van der Waals surface area contributed by atoms with E-state index in [0.29, 0.717) is 13.0 Å². The van der Waals surface area contributed by atoms with Crippen LogP contribution in [0.3, 0.4) is 0 Å². The molecule has 0 spiro atoms. The van der Waals surface area contributed by atoms with E-state index in [1.165, 1.54) is 0 Å². The molecule has 0 aliphatic carbocycles. The van der Waals surface area contributed by atoms with E-state index in [2.05, 4.69) is 4.98 Å². The van der Waals surface area contributed by atoms with Crippen molar-refractivity contribution in [3.05, 3.63) is 45.9 Å². The first-order valence-corrected chi connectivity index (χ1v) is 6.93. The van der Waals surface area contributed by atoms with Gasteiger partial charge in [-0.1, -0.05) is 18.2 Å². The highest BCUT2D eigenvalue weighted by atomic mass is 32.1. The van der Waals surface area contributed by atoms with E-state index < -0.39 is 6.10 Å². The van der Waals surface area contributed by atoms with Gasteiger partial charge in [0.1, 0.15) is 5.75 Å². The molecule has 2 unspecified atom stereocenters. The van der Waals surface area contributed by atoms with E-state index in [4.69, 9.17) is 4.74 Å². The number of rotatable bonds is 3. The summed E-state index contributed by atoms with van der Waals surface area (Å²) in [6.45, 7) is 2.53. The predicted molar refractivity (Wildman–Crippen MR) is 71.2 cm³/mol. The number of hydrogen-bond donors (Lipinski definition) is 1. The molecule has 3 nitrogen and oxygen atoms in total. The van der Waals surface area contributed by atoms with Crippen LogP contribution in [0.15, 0.2) is 29.6 Å². The van der Waals surface area contributed by atoms with Gasteiger partial charge in [-0.2, -0.15) is 0 Å². The van der Waals surface area contributed by atoms with E-state index in [1.807, 2.05) is 36.6 Å². The zero-order valence-electron chi connectivity index (χ0n) is 10.2. The molecular formula is C14H15NO2S. The second-order valence-corrected chi connectivity index (χ2v) is 5.55. The number of thiazole rings is 1. The zero-order valence-corrected chi connectivity index (χ0v) is 11.0. The molecule has 94 valence electrons. The molecule has 0 amide bonds. The Morgan fingerprint density at radius 1 is 1.50 bits per heavy atom. The molecule has 1 N–H and O–H groups in total. The fraction of sp³-hybridized carbons (Fsp3) is 0.357. The van der Waals surface area contributed by atoms with Gasteiger partial charge < -0.3 is 9.84 Å². The van der Waals surface area contributed by atoms with Crippen LogP contribution in [0.2, 0.25) is 0 Å². The van der Waals surface area contributed by atoms with E-state index >= 15 is 0 Å². The first kappa shape index (κ1) is 11.7. The van der Waals surface area contributed by atoms with Crippen molar-refractivity contribution in [2.75, 3.05) is 6.61 Å². The monoisotopic (exact) mass is 261 g/mol. The van der Waals surface area contributed by atoms with Crippen LogP contribution in [0.25, 0.3) is 0 Å². The van der Waals surface area contributed by atoms with E-state index in [-0.39, 0.29) is 5.92 Å². The molecule has 2 aromatic rings. The number of aliphatic hydroxyl groups excluding tert-OH is 1. The first-order chi connectivity index (χ1) is 8.74. The lowest BCUT2D eigenvalue weighted by atomic mass is 9.94. The third-order valence-corrected chi connectivity index (χ3v) is 4.24. The van der Waals surface area contributed by atoms with Crippen molar-refractivity contribution in [3.8, 4) is 5.75 Å². The van der Waals surface area contributed by atoms with Crippen molar-refractivity contribution in [1.29, 1.82) is 0 Å². The van der Waals surface area contributed by atoms with Crippen LogP contribution in [-0.4, -0.2) is 22.8 Å². The molecule has 2 atom stereocenters. The van der Waals surface area contributed by atoms with Crippen molar-refractivity contribution in [1.82, 2.24) is 4.98 Å². The molecule has 3 rings (SSSR count). The van der Waals surface area contributed by atoms with Crippen molar-refractivity contribution < 1.29 is 9.84 Å². The van der Waals surface area contributed by atoms with Crippen LogP contribution < -0.4 is 4.74 Å². The summed E-state index contributed by atoms with van der Waals surface area (Å²) < 4.78 is 5.60. The summed E-state index contributed by atoms with van der Waals surface area (Å²) in [6, 6.07) is 7.93. The van der Waals surface area contributed by atoms with E-state index in [1.54, 1.807) is 11.3 Å². The Balaban J connectivity index is 1.76. The summed E-state index contributed by atoms with van der Waals surface area (Å²) >= 11 is 1.61. The maximum Gasteiger partial charge on any atom is 0.123 e. The summed E-state index contributed by atoms with van der Waals surface area (Å²) in [7, 11) is 0. The Bertz CT molecular complexity index is 552. The lowest BCUT2D eigenvalue weighted by molar-refractivity contribution is 0.129. The van der Waals surface area contributed by atoms with E-state index in [9.17, 15) is 5.11 Å². The highest BCUT2D eigenvalue weighted by Gasteiger charge is 2.30. The Kier molecular flexibility index (Phi) is 3.06. The first-order valence-electron chi connectivity index (χ1n) is 6.05. The van der Waals surface area contributed by atoms with Gasteiger partial charge in [0, 0.05) is 29.0 Å². The number of hydrogen-bond acceptors (Lipinski definition) is 4. The summed E-state index contributed by atoms with van der Waals surface area (Å²) in [6.07, 6.45) is 0.167. The van der Waals surface area contributed by atoms with Gasteiger partial charge in [0.15, 0.2) is 0 Å². The zero-order chi connectivity index (χ0) is 12.5. The molecule has 0 saturated carbocycles. The Labute approximate surface area is 110 Å². The number of aliphatic hydroxyl groups is 1. The lowest BCUT2D eigenvalue weighted by Crippen LogP contribution is -2.22. The fourth-order valence-corrected chi connectivity index (χ4v) is 3.15. The molecule has 0 radical (unpaired) electrons. The molecule has 4 heteroatoms. The molecule has 18 heavy (non-hydrogen) atoms. The van der Waals surface area contributed by atoms with Crippen LogP contribution in [0.1, 0.15) is 22.2 Å². The SMILES string of the molecule is Cc1csc(CC(O)C2COc3ccccc32)n1. The summed E-state index contributed by atoms with van der Waals surface area (Å²) in [5, 5.41) is 13.4. The Morgan fingerprint density at radius 3 is 3.11 bits per heavy atom.